The zero-order chi connectivity index (χ0) is 50.6. The number of rotatable bonds is 13. The number of hydrogen-bond acceptors (Lipinski definition) is 13. The summed E-state index contributed by atoms with van der Waals surface area (Å²) in [5.41, 5.74) is 1.11. The molecule has 3 aromatic carbocycles. The van der Waals surface area contributed by atoms with Gasteiger partial charge < -0.3 is 24.0 Å². The zero-order valence-corrected chi connectivity index (χ0v) is 41.2. The molecule has 23 heteroatoms. The van der Waals surface area contributed by atoms with Crippen LogP contribution < -0.4 is 35.1 Å². The van der Waals surface area contributed by atoms with Crippen molar-refractivity contribution in [2.45, 2.75) is 76.3 Å². The van der Waals surface area contributed by atoms with Gasteiger partial charge >= 0.3 is 11.1 Å². The summed E-state index contributed by atoms with van der Waals surface area (Å²) in [6, 6.07) is 10.9. The molecule has 2 aromatic heterocycles. The van der Waals surface area contributed by atoms with Crippen LogP contribution in [0.4, 0.5) is 28.9 Å². The molecule has 0 unspecified atom stereocenters. The average Bonchev–Trinajstić information content (AvgIpc) is 4.05. The molecule has 0 bridgehead atoms. The molecule has 0 spiro atoms. The second-order valence-corrected chi connectivity index (χ2v) is 22.0. The molecule has 71 heavy (non-hydrogen) atoms. The lowest BCUT2D eigenvalue weighted by molar-refractivity contribution is 0.205. The van der Waals surface area contributed by atoms with Crippen LogP contribution in [-0.4, -0.2) is 123 Å². The van der Waals surface area contributed by atoms with Crippen molar-refractivity contribution in [3.8, 4) is 28.6 Å². The average molecular weight is 1030 g/mol. The molecule has 382 valence electrons. The standard InChI is InChI=1S/C28H32F2N4O5S.C20H24F2N4O4S/c1-19-13-20(7-8-26(19)38-2)18-40(36,37)33-11-9-32(10-12-33)25-17-31-34(23-15-21(29)14-22(30)16-23)28(35)27(25)39-24-5-3-4-6-24;1-31(28,29)25-8-6-24(7-9-25)18-13-23-26(16-11-14(21)10-15(22)12-16)20(27)19(18)30-17-4-2-3-5-17/h7-8,13-17,24H,3-6,9-12,18H2,1-2H3;10-13,17H,2-9H2,1H3. The summed E-state index contributed by atoms with van der Waals surface area (Å²) in [5.74, 6) is -2.60. The van der Waals surface area contributed by atoms with Gasteiger partial charge in [0.2, 0.25) is 31.5 Å². The molecule has 4 heterocycles. The van der Waals surface area contributed by atoms with E-state index in [1.54, 1.807) is 19.2 Å². The first kappa shape index (κ1) is 51.3. The van der Waals surface area contributed by atoms with Crippen LogP contribution in [0.25, 0.3) is 11.4 Å². The number of ether oxygens (including phenoxy) is 3. The van der Waals surface area contributed by atoms with E-state index in [-0.39, 0.29) is 67.0 Å². The van der Waals surface area contributed by atoms with Gasteiger partial charge in [-0.15, -0.1) is 0 Å². The van der Waals surface area contributed by atoms with Crippen LogP contribution in [0.2, 0.25) is 0 Å². The van der Waals surface area contributed by atoms with Gasteiger partial charge in [0.25, 0.3) is 0 Å². The number of hydrogen-bond donors (Lipinski definition) is 0. The van der Waals surface area contributed by atoms with Gasteiger partial charge in [0.1, 0.15) is 40.4 Å². The lowest BCUT2D eigenvalue weighted by atomic mass is 10.1. The van der Waals surface area contributed by atoms with E-state index in [0.717, 1.165) is 109 Å². The zero-order valence-electron chi connectivity index (χ0n) is 39.6. The smallest absolute Gasteiger partial charge is 0.316 e. The Labute approximate surface area is 409 Å². The number of anilines is 2. The normalized spacial score (nSPS) is 17.6. The summed E-state index contributed by atoms with van der Waals surface area (Å²) in [6.07, 6.45) is 11.0. The fraction of sp³-hybridized carbons (Fsp3) is 0.458. The van der Waals surface area contributed by atoms with Crippen molar-refractivity contribution < 1.29 is 48.6 Å². The van der Waals surface area contributed by atoms with Crippen molar-refractivity contribution >= 4 is 31.4 Å². The monoisotopic (exact) mass is 1030 g/mol. The van der Waals surface area contributed by atoms with Crippen LogP contribution in [-0.2, 0) is 25.8 Å². The second-order valence-electron chi connectivity index (χ2n) is 18.1. The van der Waals surface area contributed by atoms with E-state index in [1.807, 2.05) is 22.8 Å². The highest BCUT2D eigenvalue weighted by Crippen LogP contribution is 2.33. The molecule has 2 aliphatic heterocycles. The highest BCUT2D eigenvalue weighted by Gasteiger charge is 2.32. The first-order valence-corrected chi connectivity index (χ1v) is 26.9. The molecule has 2 aliphatic carbocycles. The van der Waals surface area contributed by atoms with Crippen LogP contribution in [0.15, 0.2) is 76.6 Å². The number of aromatic nitrogens is 4. The fourth-order valence-corrected chi connectivity index (χ4v) is 11.7. The summed E-state index contributed by atoms with van der Waals surface area (Å²) in [6.45, 7) is 4.24. The van der Waals surface area contributed by atoms with E-state index in [0.29, 0.717) is 48.9 Å². The SMILES string of the molecule is COc1ccc(CS(=O)(=O)N2CCN(c3cnn(-c4cc(F)cc(F)c4)c(=O)c3OC3CCCC3)CC2)cc1C.CS(=O)(=O)N1CCN(c2cnn(-c3cc(F)cc(F)c3)c(=O)c2OC2CCCC2)CC1. The highest BCUT2D eigenvalue weighted by atomic mass is 32.2. The minimum Gasteiger partial charge on any atom is -0.496 e. The predicted molar refractivity (Wildman–Crippen MR) is 258 cm³/mol. The summed E-state index contributed by atoms with van der Waals surface area (Å²) < 4.78 is 127. The van der Waals surface area contributed by atoms with Gasteiger partial charge in [0.15, 0.2) is 0 Å². The number of methoxy groups -OCH3 is 1. The summed E-state index contributed by atoms with van der Waals surface area (Å²) >= 11 is 0. The van der Waals surface area contributed by atoms with Crippen molar-refractivity contribution in [3.63, 3.8) is 0 Å². The molecule has 9 rings (SSSR count). The van der Waals surface area contributed by atoms with E-state index in [1.165, 1.54) is 21.0 Å². The number of piperazine rings is 2. The lowest BCUT2D eigenvalue weighted by Crippen LogP contribution is -2.49. The van der Waals surface area contributed by atoms with E-state index < -0.39 is 54.4 Å². The maximum atomic E-state index is 13.9. The van der Waals surface area contributed by atoms with Crippen molar-refractivity contribution in [1.82, 2.24) is 28.2 Å². The molecule has 4 aliphatic rings. The van der Waals surface area contributed by atoms with E-state index >= 15 is 0 Å². The molecule has 0 atom stereocenters. The molecule has 2 saturated carbocycles. The molecule has 0 N–H and O–H groups in total. The molecule has 2 saturated heterocycles. The van der Waals surface area contributed by atoms with Gasteiger partial charge in [-0.25, -0.2) is 34.4 Å². The van der Waals surface area contributed by atoms with Gasteiger partial charge in [-0.05, 0) is 99.7 Å². The largest absolute Gasteiger partial charge is 0.496 e. The molecule has 0 radical (unpaired) electrons. The minimum atomic E-state index is -3.58. The minimum absolute atomic E-state index is 0.0350. The maximum Gasteiger partial charge on any atom is 0.316 e. The Morgan fingerprint density at radius 3 is 1.38 bits per heavy atom. The third-order valence-corrected chi connectivity index (χ3v) is 16.2. The Hall–Kier alpha value is -6.04. The third-order valence-electron chi connectivity index (χ3n) is 13.0. The fourth-order valence-electron chi connectivity index (χ4n) is 9.37. The van der Waals surface area contributed by atoms with E-state index in [2.05, 4.69) is 10.2 Å². The van der Waals surface area contributed by atoms with Crippen LogP contribution in [0.1, 0.15) is 62.5 Å². The van der Waals surface area contributed by atoms with Crippen LogP contribution >= 0.6 is 0 Å². The highest BCUT2D eigenvalue weighted by molar-refractivity contribution is 7.88. The van der Waals surface area contributed by atoms with Gasteiger partial charge in [-0.1, -0.05) is 12.1 Å². The topological polar surface area (TPSA) is 179 Å². The van der Waals surface area contributed by atoms with Gasteiger partial charge in [-0.2, -0.15) is 28.2 Å². The Morgan fingerprint density at radius 2 is 1.00 bits per heavy atom. The van der Waals surface area contributed by atoms with E-state index in [9.17, 15) is 44.0 Å². The predicted octanol–water partition coefficient (Wildman–Crippen LogP) is 5.71. The lowest BCUT2D eigenvalue weighted by Gasteiger charge is -2.36. The van der Waals surface area contributed by atoms with Crippen molar-refractivity contribution in [2.24, 2.45) is 0 Å². The van der Waals surface area contributed by atoms with Crippen LogP contribution in [0.5, 0.6) is 17.2 Å². The Bertz CT molecular complexity index is 3040. The molecular formula is C48H56F4N8O9S2. The molecule has 5 aromatic rings. The second kappa shape index (κ2) is 21.8. The van der Waals surface area contributed by atoms with Gasteiger partial charge in [0, 0.05) is 64.5 Å². The number of halogens is 4. The van der Waals surface area contributed by atoms with Crippen molar-refractivity contribution in [1.29, 1.82) is 0 Å². The first-order chi connectivity index (χ1) is 33.9. The number of sulfonamides is 2. The Balaban J connectivity index is 0.000000197. The maximum absolute atomic E-state index is 13.9. The Morgan fingerprint density at radius 1 is 0.592 bits per heavy atom. The van der Waals surface area contributed by atoms with Gasteiger partial charge in [0.05, 0.1) is 55.1 Å². The van der Waals surface area contributed by atoms with Gasteiger partial charge in [-0.3, -0.25) is 9.59 Å². The van der Waals surface area contributed by atoms with Crippen LogP contribution in [0, 0.1) is 30.2 Å². The first-order valence-electron chi connectivity index (χ1n) is 23.4. The number of aryl methyl sites for hydroxylation is 1. The van der Waals surface area contributed by atoms with Crippen molar-refractivity contribution in [3.05, 3.63) is 122 Å². The van der Waals surface area contributed by atoms with Crippen molar-refractivity contribution in [2.75, 3.05) is 75.5 Å². The molecule has 17 nitrogen and oxygen atoms in total. The molecule has 4 fully saturated rings. The number of nitrogens with zero attached hydrogens (tertiary/aromatic N) is 8. The molecule has 0 amide bonds. The summed E-state index contributed by atoms with van der Waals surface area (Å²) in [4.78, 5) is 30.5. The quantitative estimate of drug-likeness (QED) is 0.131. The number of benzene rings is 3. The molecular weight excluding hydrogens is 973 g/mol. The summed E-state index contributed by atoms with van der Waals surface area (Å²) in [7, 11) is -5.31. The summed E-state index contributed by atoms with van der Waals surface area (Å²) in [5, 5.41) is 8.32. The van der Waals surface area contributed by atoms with Crippen LogP contribution in [0.3, 0.4) is 0 Å². The third kappa shape index (κ3) is 12.2. The Kier molecular flexibility index (Phi) is 15.7. The van der Waals surface area contributed by atoms with E-state index in [4.69, 9.17) is 14.2 Å².